The lowest BCUT2D eigenvalue weighted by molar-refractivity contribution is 0.0735. The van der Waals surface area contributed by atoms with Crippen LogP contribution in [0.5, 0.6) is 5.75 Å². The first-order valence-corrected chi connectivity index (χ1v) is 13.9. The summed E-state index contributed by atoms with van der Waals surface area (Å²) in [4.78, 5) is 18.7. The van der Waals surface area contributed by atoms with Crippen LogP contribution in [0, 0.1) is 0 Å². The van der Waals surface area contributed by atoms with E-state index in [1.807, 2.05) is 54.6 Å². The molecule has 6 rings (SSSR count). The van der Waals surface area contributed by atoms with E-state index in [0.717, 1.165) is 40.5 Å². The molecule has 1 atom stereocenters. The van der Waals surface area contributed by atoms with Crippen molar-refractivity contribution < 1.29 is 9.53 Å². The standard InChI is InChI=1S/C33H27N3O2S.BrH/c1-2-30-31(25-18-20-27(21-19-25)38-32(37)26-16-10-5-11-17-26)34-33(39-30)36-29(24-14-8-4-9-15-24)22-28(35-36)23-12-6-3-7-13-23;/h3-21,29H,2,22H2,1H3;1H. The number of benzene rings is 4. The van der Waals surface area contributed by atoms with Crippen LogP contribution in [0.2, 0.25) is 0 Å². The second-order valence-corrected chi connectivity index (χ2v) is 10.4. The maximum absolute atomic E-state index is 12.4. The summed E-state index contributed by atoms with van der Waals surface area (Å²) in [5.74, 6) is 0.128. The molecule has 1 aliphatic heterocycles. The van der Waals surface area contributed by atoms with Crippen molar-refractivity contribution in [3.8, 4) is 17.0 Å². The highest BCUT2D eigenvalue weighted by atomic mass is 79.9. The van der Waals surface area contributed by atoms with Gasteiger partial charge in [-0.2, -0.15) is 5.10 Å². The number of thiazole rings is 1. The van der Waals surface area contributed by atoms with Crippen LogP contribution in [-0.4, -0.2) is 16.7 Å². The highest BCUT2D eigenvalue weighted by Crippen LogP contribution is 2.41. The van der Waals surface area contributed by atoms with E-state index < -0.39 is 0 Å². The van der Waals surface area contributed by atoms with Gasteiger partial charge in [0.2, 0.25) is 5.13 Å². The number of halogens is 1. The molecule has 0 saturated carbocycles. The first-order chi connectivity index (χ1) is 19.2. The molecule has 5 aromatic rings. The quantitative estimate of drug-likeness (QED) is 0.137. The van der Waals surface area contributed by atoms with Crippen molar-refractivity contribution in [2.45, 2.75) is 25.8 Å². The Kier molecular flexibility index (Phi) is 8.53. The third-order valence-corrected chi connectivity index (χ3v) is 7.94. The summed E-state index contributed by atoms with van der Waals surface area (Å²) >= 11 is 1.68. The zero-order valence-electron chi connectivity index (χ0n) is 21.9. The number of carbonyl (C=O) groups is 1. The molecule has 40 heavy (non-hydrogen) atoms. The van der Waals surface area contributed by atoms with Gasteiger partial charge in [0.1, 0.15) is 5.75 Å². The van der Waals surface area contributed by atoms with Crippen molar-refractivity contribution in [2.75, 3.05) is 5.01 Å². The van der Waals surface area contributed by atoms with E-state index in [2.05, 4.69) is 60.5 Å². The fourth-order valence-electron chi connectivity index (χ4n) is 4.75. The predicted molar refractivity (Wildman–Crippen MR) is 168 cm³/mol. The normalized spacial score (nSPS) is 14.4. The van der Waals surface area contributed by atoms with Crippen LogP contribution in [0.4, 0.5) is 5.13 Å². The number of hydrazone groups is 1. The predicted octanol–water partition coefficient (Wildman–Crippen LogP) is 8.53. The van der Waals surface area contributed by atoms with E-state index in [9.17, 15) is 4.79 Å². The molecule has 0 fully saturated rings. The third-order valence-electron chi connectivity index (χ3n) is 6.75. The lowest BCUT2D eigenvalue weighted by Gasteiger charge is -2.21. The minimum Gasteiger partial charge on any atom is -0.423 e. The maximum Gasteiger partial charge on any atom is 0.343 e. The van der Waals surface area contributed by atoms with Crippen molar-refractivity contribution >= 4 is 45.1 Å². The van der Waals surface area contributed by atoms with E-state index in [1.54, 1.807) is 23.5 Å². The minimum atomic E-state index is -0.374. The molecule has 1 aromatic heterocycles. The van der Waals surface area contributed by atoms with E-state index >= 15 is 0 Å². The van der Waals surface area contributed by atoms with Crippen molar-refractivity contribution in [1.29, 1.82) is 0 Å². The summed E-state index contributed by atoms with van der Waals surface area (Å²) < 4.78 is 5.57. The molecule has 200 valence electrons. The van der Waals surface area contributed by atoms with E-state index in [-0.39, 0.29) is 29.0 Å². The fraction of sp³-hybridized carbons (Fsp3) is 0.121. The molecule has 0 bridgehead atoms. The summed E-state index contributed by atoms with van der Waals surface area (Å²) in [6.45, 7) is 2.15. The SMILES string of the molecule is Br.CCc1sc(N2N=C(c3ccccc3)CC2c2ccccc2)nc1-c1ccc(OC(=O)c2ccccc2)cc1. The molecule has 1 unspecified atom stereocenters. The Hall–Kier alpha value is -4.07. The Balaban J connectivity index is 0.00000323. The van der Waals surface area contributed by atoms with Gasteiger partial charge >= 0.3 is 5.97 Å². The molecule has 0 aliphatic carbocycles. The molecule has 0 amide bonds. The Labute approximate surface area is 248 Å². The summed E-state index contributed by atoms with van der Waals surface area (Å²) in [6.07, 6.45) is 1.67. The molecule has 0 radical (unpaired) electrons. The summed E-state index contributed by atoms with van der Waals surface area (Å²) in [7, 11) is 0. The van der Waals surface area contributed by atoms with Crippen LogP contribution in [0.25, 0.3) is 11.3 Å². The van der Waals surface area contributed by atoms with E-state index in [4.69, 9.17) is 14.8 Å². The number of anilines is 1. The number of carbonyl (C=O) groups excluding carboxylic acids is 1. The van der Waals surface area contributed by atoms with Gasteiger partial charge in [0.25, 0.3) is 0 Å². The van der Waals surface area contributed by atoms with Crippen LogP contribution in [0.3, 0.4) is 0 Å². The van der Waals surface area contributed by atoms with Gasteiger partial charge < -0.3 is 4.74 Å². The number of hydrogen-bond donors (Lipinski definition) is 0. The van der Waals surface area contributed by atoms with E-state index in [0.29, 0.717) is 11.3 Å². The van der Waals surface area contributed by atoms with Gasteiger partial charge in [0.05, 0.1) is 23.0 Å². The van der Waals surface area contributed by atoms with Crippen LogP contribution in [0.1, 0.15) is 45.7 Å². The second-order valence-electron chi connectivity index (χ2n) is 9.29. The highest BCUT2D eigenvalue weighted by molar-refractivity contribution is 8.93. The Morgan fingerprint density at radius 1 is 0.850 bits per heavy atom. The number of rotatable bonds is 7. The minimum absolute atomic E-state index is 0. The van der Waals surface area contributed by atoms with Crippen molar-refractivity contribution in [1.82, 2.24) is 4.98 Å². The third kappa shape index (κ3) is 5.76. The van der Waals surface area contributed by atoms with Crippen molar-refractivity contribution in [3.05, 3.63) is 137 Å². The highest BCUT2D eigenvalue weighted by Gasteiger charge is 2.32. The smallest absolute Gasteiger partial charge is 0.343 e. The first kappa shape index (κ1) is 27.5. The van der Waals surface area contributed by atoms with Gasteiger partial charge in [-0.25, -0.2) is 14.8 Å². The topological polar surface area (TPSA) is 54.8 Å². The number of aromatic nitrogens is 1. The second kappa shape index (κ2) is 12.4. The number of ether oxygens (including phenoxy) is 1. The van der Waals surface area contributed by atoms with Crippen LogP contribution >= 0.6 is 28.3 Å². The number of esters is 1. The molecule has 5 nitrogen and oxygen atoms in total. The fourth-order valence-corrected chi connectivity index (χ4v) is 5.77. The molecule has 0 saturated heterocycles. The van der Waals surface area contributed by atoms with Gasteiger partial charge in [-0.15, -0.1) is 17.0 Å². The van der Waals surface area contributed by atoms with Crippen LogP contribution < -0.4 is 9.75 Å². The zero-order valence-corrected chi connectivity index (χ0v) is 24.5. The summed E-state index contributed by atoms with van der Waals surface area (Å²) in [5, 5.41) is 8.05. The van der Waals surface area contributed by atoms with E-state index in [1.165, 1.54) is 10.4 Å². The molecule has 2 heterocycles. The number of nitrogens with zero attached hydrogens (tertiary/aromatic N) is 3. The molecule has 4 aromatic carbocycles. The molecule has 7 heteroatoms. The average molecular weight is 611 g/mol. The van der Waals surface area contributed by atoms with Gasteiger partial charge in [0, 0.05) is 16.9 Å². The Bertz CT molecular complexity index is 1600. The monoisotopic (exact) mass is 609 g/mol. The number of hydrogen-bond acceptors (Lipinski definition) is 6. The van der Waals surface area contributed by atoms with Crippen molar-refractivity contribution in [3.63, 3.8) is 0 Å². The van der Waals surface area contributed by atoms with Gasteiger partial charge in [-0.05, 0) is 53.9 Å². The first-order valence-electron chi connectivity index (χ1n) is 13.0. The van der Waals surface area contributed by atoms with Gasteiger partial charge in [0.15, 0.2) is 0 Å². The van der Waals surface area contributed by atoms with Crippen LogP contribution in [0.15, 0.2) is 120 Å². The van der Waals surface area contributed by atoms with Gasteiger partial charge in [-0.3, -0.25) is 0 Å². The lowest BCUT2D eigenvalue weighted by Crippen LogP contribution is -2.18. The molecule has 0 N–H and O–H groups in total. The maximum atomic E-state index is 12.4. The Morgan fingerprint density at radius 2 is 1.48 bits per heavy atom. The summed E-state index contributed by atoms with van der Waals surface area (Å²) in [6, 6.07) is 37.5. The zero-order chi connectivity index (χ0) is 26.6. The average Bonchev–Trinajstić information content (AvgIpc) is 3.64. The van der Waals surface area contributed by atoms with Crippen LogP contribution in [-0.2, 0) is 6.42 Å². The van der Waals surface area contributed by atoms with Gasteiger partial charge in [-0.1, -0.05) is 97.1 Å². The number of aryl methyl sites for hydroxylation is 1. The Morgan fingerprint density at radius 3 is 2.12 bits per heavy atom. The van der Waals surface area contributed by atoms with Crippen molar-refractivity contribution in [2.24, 2.45) is 5.10 Å². The molecule has 1 aliphatic rings. The summed E-state index contributed by atoms with van der Waals surface area (Å²) in [5.41, 5.74) is 5.85. The molecule has 0 spiro atoms. The molecular weight excluding hydrogens is 582 g/mol. The molecular formula is C33H28BrN3O2S. The lowest BCUT2D eigenvalue weighted by atomic mass is 9.99. The largest absolute Gasteiger partial charge is 0.423 e.